The summed E-state index contributed by atoms with van der Waals surface area (Å²) >= 11 is 1.57. The van der Waals surface area contributed by atoms with Crippen LogP contribution in [0.25, 0.3) is 0 Å². The first-order chi connectivity index (χ1) is 7.77. The Balaban J connectivity index is 0.00000144. The van der Waals surface area contributed by atoms with E-state index in [4.69, 9.17) is 0 Å². The third-order valence-corrected chi connectivity index (χ3v) is 3.70. The smallest absolute Gasteiger partial charge is 0.254 e. The standard InChI is InChI=1S/C12H18N2OS.ClH/c1-14(8-11-4-2-3-6-13-11)12(15)10-5-7-16-9-10;/h5,7,9,11,13H,2-4,6,8H2,1H3;1H. The van der Waals surface area contributed by atoms with Crippen molar-refractivity contribution >= 4 is 29.7 Å². The van der Waals surface area contributed by atoms with Gasteiger partial charge in [-0.2, -0.15) is 11.3 Å². The normalized spacial score (nSPS) is 19.5. The zero-order valence-corrected chi connectivity index (χ0v) is 11.6. The van der Waals surface area contributed by atoms with Crippen LogP contribution >= 0.6 is 23.7 Å². The van der Waals surface area contributed by atoms with Gasteiger partial charge in [0.2, 0.25) is 0 Å². The number of hydrogen-bond donors (Lipinski definition) is 1. The van der Waals surface area contributed by atoms with E-state index < -0.39 is 0 Å². The second-order valence-electron chi connectivity index (χ2n) is 4.34. The molecule has 0 aliphatic carbocycles. The summed E-state index contributed by atoms with van der Waals surface area (Å²) in [6, 6.07) is 2.36. The number of thiophene rings is 1. The molecule has 5 heteroatoms. The van der Waals surface area contributed by atoms with E-state index in [1.807, 2.05) is 28.8 Å². The van der Waals surface area contributed by atoms with E-state index in [1.165, 1.54) is 19.3 Å². The summed E-state index contributed by atoms with van der Waals surface area (Å²) in [5, 5.41) is 7.31. The predicted molar refractivity (Wildman–Crippen MR) is 74.2 cm³/mol. The molecule has 1 aliphatic rings. The van der Waals surface area contributed by atoms with Crippen LogP contribution in [0.3, 0.4) is 0 Å². The molecule has 1 aromatic heterocycles. The maximum atomic E-state index is 12.0. The molecule has 1 atom stereocenters. The van der Waals surface area contributed by atoms with E-state index in [0.717, 1.165) is 18.7 Å². The molecule has 1 unspecified atom stereocenters. The molecule has 1 amide bonds. The first-order valence-corrected chi connectivity index (χ1v) is 6.72. The minimum absolute atomic E-state index is 0. The molecule has 3 nitrogen and oxygen atoms in total. The molecule has 0 saturated carbocycles. The van der Waals surface area contributed by atoms with Crippen molar-refractivity contribution in [1.29, 1.82) is 0 Å². The molecule has 1 N–H and O–H groups in total. The van der Waals surface area contributed by atoms with E-state index in [0.29, 0.717) is 6.04 Å². The highest BCUT2D eigenvalue weighted by molar-refractivity contribution is 7.08. The molecular formula is C12H19ClN2OS. The lowest BCUT2D eigenvalue weighted by Crippen LogP contribution is -2.44. The predicted octanol–water partition coefficient (Wildman–Crippen LogP) is 2.38. The highest BCUT2D eigenvalue weighted by atomic mass is 35.5. The van der Waals surface area contributed by atoms with E-state index in [9.17, 15) is 4.79 Å². The Morgan fingerprint density at radius 2 is 2.41 bits per heavy atom. The van der Waals surface area contributed by atoms with E-state index in [1.54, 1.807) is 11.3 Å². The second-order valence-corrected chi connectivity index (χ2v) is 5.12. The summed E-state index contributed by atoms with van der Waals surface area (Å²) in [6.07, 6.45) is 3.72. The van der Waals surface area contributed by atoms with Crippen molar-refractivity contribution in [1.82, 2.24) is 10.2 Å². The number of carbonyl (C=O) groups excluding carboxylic acids is 1. The van der Waals surface area contributed by atoms with Gasteiger partial charge in [0.05, 0.1) is 5.56 Å². The first-order valence-electron chi connectivity index (χ1n) is 5.78. The molecule has 0 radical (unpaired) electrons. The minimum Gasteiger partial charge on any atom is -0.340 e. The number of carbonyl (C=O) groups is 1. The molecule has 1 aliphatic heterocycles. The maximum Gasteiger partial charge on any atom is 0.254 e. The zero-order valence-electron chi connectivity index (χ0n) is 10.0. The number of nitrogens with one attached hydrogen (secondary N) is 1. The second kappa shape index (κ2) is 6.99. The van der Waals surface area contributed by atoms with Crippen LogP contribution in [0.1, 0.15) is 29.6 Å². The molecule has 1 fully saturated rings. The van der Waals surface area contributed by atoms with E-state index in [-0.39, 0.29) is 18.3 Å². The average molecular weight is 275 g/mol. The SMILES string of the molecule is CN(CC1CCCCN1)C(=O)c1ccsc1.Cl. The largest absolute Gasteiger partial charge is 0.340 e. The number of halogens is 1. The van der Waals surface area contributed by atoms with Crippen LogP contribution in [0.2, 0.25) is 0 Å². The Morgan fingerprint density at radius 3 is 3.00 bits per heavy atom. The number of amides is 1. The fraction of sp³-hybridized carbons (Fsp3) is 0.583. The van der Waals surface area contributed by atoms with Crippen LogP contribution in [-0.4, -0.2) is 37.0 Å². The molecule has 2 heterocycles. The van der Waals surface area contributed by atoms with Crippen LogP contribution in [0.5, 0.6) is 0 Å². The third kappa shape index (κ3) is 3.98. The minimum atomic E-state index is 0. The summed E-state index contributed by atoms with van der Waals surface area (Å²) in [4.78, 5) is 13.8. The first kappa shape index (κ1) is 14.5. The number of piperidine rings is 1. The number of rotatable bonds is 3. The summed E-state index contributed by atoms with van der Waals surface area (Å²) in [5.41, 5.74) is 0.809. The van der Waals surface area contributed by atoms with Crippen molar-refractivity contribution in [3.05, 3.63) is 22.4 Å². The molecule has 17 heavy (non-hydrogen) atoms. The summed E-state index contributed by atoms with van der Waals surface area (Å²) in [7, 11) is 1.89. The monoisotopic (exact) mass is 274 g/mol. The van der Waals surface area contributed by atoms with Gasteiger partial charge in [0, 0.05) is 25.0 Å². The summed E-state index contributed by atoms with van der Waals surface area (Å²) in [5.74, 6) is 0.133. The molecule has 0 spiro atoms. The highest BCUT2D eigenvalue weighted by Gasteiger charge is 2.18. The Bertz CT molecular complexity index is 336. The zero-order chi connectivity index (χ0) is 11.4. The van der Waals surface area contributed by atoms with Gasteiger partial charge in [-0.1, -0.05) is 6.42 Å². The van der Waals surface area contributed by atoms with Crippen LogP contribution in [0, 0.1) is 0 Å². The third-order valence-electron chi connectivity index (χ3n) is 3.02. The lowest BCUT2D eigenvalue weighted by molar-refractivity contribution is 0.0776. The van der Waals surface area contributed by atoms with Crippen molar-refractivity contribution in [2.45, 2.75) is 25.3 Å². The molecule has 96 valence electrons. The van der Waals surface area contributed by atoms with Gasteiger partial charge < -0.3 is 10.2 Å². The van der Waals surface area contributed by atoms with E-state index >= 15 is 0 Å². The Morgan fingerprint density at radius 1 is 1.59 bits per heavy atom. The van der Waals surface area contributed by atoms with E-state index in [2.05, 4.69) is 5.32 Å². The quantitative estimate of drug-likeness (QED) is 0.918. The van der Waals surface area contributed by atoms with Crippen molar-refractivity contribution < 1.29 is 4.79 Å². The van der Waals surface area contributed by atoms with Gasteiger partial charge in [-0.3, -0.25) is 4.79 Å². The summed E-state index contributed by atoms with van der Waals surface area (Å²) in [6.45, 7) is 1.90. The van der Waals surface area contributed by atoms with Crippen molar-refractivity contribution in [2.24, 2.45) is 0 Å². The van der Waals surface area contributed by atoms with Crippen molar-refractivity contribution in [3.63, 3.8) is 0 Å². The summed E-state index contributed by atoms with van der Waals surface area (Å²) < 4.78 is 0. The molecule has 2 rings (SSSR count). The number of nitrogens with zero attached hydrogens (tertiary/aromatic N) is 1. The van der Waals surface area contributed by atoms with Crippen LogP contribution in [0.15, 0.2) is 16.8 Å². The van der Waals surface area contributed by atoms with Crippen LogP contribution in [0.4, 0.5) is 0 Å². The van der Waals surface area contributed by atoms with Gasteiger partial charge in [-0.05, 0) is 30.8 Å². The number of likely N-dealkylation sites (N-methyl/N-ethyl adjacent to an activating group) is 1. The Kier molecular flexibility index (Phi) is 5.95. The molecule has 0 aromatic carbocycles. The van der Waals surface area contributed by atoms with Crippen LogP contribution in [-0.2, 0) is 0 Å². The van der Waals surface area contributed by atoms with Gasteiger partial charge >= 0.3 is 0 Å². The number of hydrogen-bond acceptors (Lipinski definition) is 3. The molecule has 1 aromatic rings. The van der Waals surface area contributed by atoms with Crippen molar-refractivity contribution in [3.8, 4) is 0 Å². The van der Waals surface area contributed by atoms with Crippen molar-refractivity contribution in [2.75, 3.05) is 20.1 Å². The highest BCUT2D eigenvalue weighted by Crippen LogP contribution is 2.11. The van der Waals surface area contributed by atoms with Gasteiger partial charge in [0.1, 0.15) is 0 Å². The van der Waals surface area contributed by atoms with Crippen LogP contribution < -0.4 is 5.32 Å². The van der Waals surface area contributed by atoms with Gasteiger partial charge in [-0.25, -0.2) is 0 Å². The average Bonchev–Trinajstić information content (AvgIpc) is 2.83. The molecular weight excluding hydrogens is 256 g/mol. The van der Waals surface area contributed by atoms with Gasteiger partial charge in [0.15, 0.2) is 0 Å². The Labute approximate surface area is 113 Å². The Hall–Kier alpha value is -0.580. The topological polar surface area (TPSA) is 32.3 Å². The van der Waals surface area contributed by atoms with Gasteiger partial charge in [-0.15, -0.1) is 12.4 Å². The van der Waals surface area contributed by atoms with Gasteiger partial charge in [0.25, 0.3) is 5.91 Å². The fourth-order valence-electron chi connectivity index (χ4n) is 2.10. The maximum absolute atomic E-state index is 12.0. The lowest BCUT2D eigenvalue weighted by atomic mass is 10.0. The molecule has 1 saturated heterocycles. The lowest BCUT2D eigenvalue weighted by Gasteiger charge is -2.28. The fourth-order valence-corrected chi connectivity index (χ4v) is 2.73. The molecule has 0 bridgehead atoms.